The second-order valence-electron chi connectivity index (χ2n) is 2.27. The van der Waals surface area contributed by atoms with Crippen molar-refractivity contribution in [3.05, 3.63) is 18.0 Å². The van der Waals surface area contributed by atoms with E-state index in [1.54, 1.807) is 11.8 Å². The molecule has 3 heteroatoms. The molecule has 12 heavy (non-hydrogen) atoms. The Bertz CT molecular complexity index is 196. The third-order valence-electron chi connectivity index (χ3n) is 1.35. The van der Waals surface area contributed by atoms with E-state index in [9.17, 15) is 0 Å². The molecule has 0 aliphatic heterocycles. The molecule has 0 radical (unpaired) electrons. The topological polar surface area (TPSA) is 27.1 Å². The minimum atomic E-state index is 0.770. The molecule has 1 aromatic heterocycles. The lowest BCUT2D eigenvalue weighted by Crippen LogP contribution is -1.92. The maximum absolute atomic E-state index is 4.92. The average Bonchev–Trinajstić information content (AvgIpc) is 2.51. The van der Waals surface area contributed by atoms with Crippen molar-refractivity contribution in [3.8, 4) is 0 Å². The summed E-state index contributed by atoms with van der Waals surface area (Å²) in [5.74, 6) is 0. The van der Waals surface area contributed by atoms with Gasteiger partial charge in [0.15, 0.2) is 0 Å². The van der Waals surface area contributed by atoms with Crippen molar-refractivity contribution in [1.82, 2.24) is 9.78 Å². The van der Waals surface area contributed by atoms with Gasteiger partial charge in [-0.2, -0.15) is 5.10 Å². The zero-order valence-corrected chi connectivity index (χ0v) is 8.37. The van der Waals surface area contributed by atoms with Gasteiger partial charge in [0.25, 0.3) is 0 Å². The van der Waals surface area contributed by atoms with Crippen LogP contribution in [0.4, 0.5) is 0 Å². The van der Waals surface area contributed by atoms with Crippen LogP contribution in [0.15, 0.2) is 12.4 Å². The van der Waals surface area contributed by atoms with E-state index in [1.165, 1.54) is 5.56 Å². The van der Waals surface area contributed by atoms with Gasteiger partial charge in [-0.1, -0.05) is 13.8 Å². The average molecular weight is 170 g/mol. The molecule has 0 bridgehead atoms. The first-order valence-electron chi connectivity index (χ1n) is 4.29. The predicted molar refractivity (Wildman–Crippen MR) is 50.1 cm³/mol. The lowest BCUT2D eigenvalue weighted by atomic mass is 10.3. The minimum absolute atomic E-state index is 0.770. The van der Waals surface area contributed by atoms with Crippen molar-refractivity contribution in [3.63, 3.8) is 0 Å². The largest absolute Gasteiger partial charge is 0.384 e. The number of nitrogens with zero attached hydrogens (tertiary/aromatic N) is 2. The van der Waals surface area contributed by atoms with Crippen LogP contribution in [-0.2, 0) is 18.2 Å². The Hall–Kier alpha value is -0.830. The molecule has 0 saturated carbocycles. The van der Waals surface area contributed by atoms with Crippen molar-refractivity contribution in [1.29, 1.82) is 0 Å². The van der Waals surface area contributed by atoms with Gasteiger partial charge in [0.1, 0.15) is 0 Å². The Morgan fingerprint density at radius 2 is 2.17 bits per heavy atom. The van der Waals surface area contributed by atoms with Crippen LogP contribution in [0.25, 0.3) is 0 Å². The number of aryl methyl sites for hydroxylation is 1. The number of hydrogen-bond donors (Lipinski definition) is 0. The van der Waals surface area contributed by atoms with Gasteiger partial charge in [-0.3, -0.25) is 4.68 Å². The Kier molecular flexibility index (Phi) is 6.38. The lowest BCUT2D eigenvalue weighted by Gasteiger charge is -1.92. The maximum atomic E-state index is 4.92. The maximum Gasteiger partial charge on any atom is 0.0522 e. The van der Waals surface area contributed by atoms with Crippen LogP contribution in [0.5, 0.6) is 0 Å². The fraction of sp³-hybridized carbons (Fsp3) is 0.667. The van der Waals surface area contributed by atoms with E-state index in [0.717, 1.165) is 13.0 Å². The van der Waals surface area contributed by atoms with Crippen molar-refractivity contribution in [2.45, 2.75) is 20.3 Å². The van der Waals surface area contributed by atoms with E-state index in [1.807, 2.05) is 33.3 Å². The zero-order chi connectivity index (χ0) is 9.40. The molecular formula is C9H18N2O. The smallest absolute Gasteiger partial charge is 0.0522 e. The summed E-state index contributed by atoms with van der Waals surface area (Å²) in [6, 6.07) is 0. The van der Waals surface area contributed by atoms with Crippen LogP contribution < -0.4 is 0 Å². The molecule has 0 aromatic carbocycles. The highest BCUT2D eigenvalue weighted by molar-refractivity contribution is 5.03. The molecule has 70 valence electrons. The SMILES string of the molecule is CC.COCCc1cnn(C)c1. The van der Waals surface area contributed by atoms with E-state index in [-0.39, 0.29) is 0 Å². The summed E-state index contributed by atoms with van der Waals surface area (Å²) in [7, 11) is 3.62. The Labute approximate surface area is 74.3 Å². The monoisotopic (exact) mass is 170 g/mol. The highest BCUT2D eigenvalue weighted by Gasteiger charge is 1.93. The van der Waals surface area contributed by atoms with Gasteiger partial charge in [0, 0.05) is 20.4 Å². The molecule has 0 saturated heterocycles. The van der Waals surface area contributed by atoms with E-state index in [0.29, 0.717) is 0 Å². The van der Waals surface area contributed by atoms with Crippen LogP contribution in [0.3, 0.4) is 0 Å². The number of hydrogen-bond acceptors (Lipinski definition) is 2. The predicted octanol–water partition coefficient (Wildman–Crippen LogP) is 1.64. The summed E-state index contributed by atoms with van der Waals surface area (Å²) >= 11 is 0. The van der Waals surface area contributed by atoms with Crippen LogP contribution in [-0.4, -0.2) is 23.5 Å². The minimum Gasteiger partial charge on any atom is -0.384 e. The van der Waals surface area contributed by atoms with Crippen molar-refractivity contribution >= 4 is 0 Å². The van der Waals surface area contributed by atoms with E-state index in [2.05, 4.69) is 5.10 Å². The molecule has 0 amide bonds. The van der Waals surface area contributed by atoms with Gasteiger partial charge in [0.05, 0.1) is 12.8 Å². The normalized spacial score (nSPS) is 9.00. The van der Waals surface area contributed by atoms with Gasteiger partial charge in [0.2, 0.25) is 0 Å². The van der Waals surface area contributed by atoms with Gasteiger partial charge in [-0.25, -0.2) is 0 Å². The van der Waals surface area contributed by atoms with Crippen molar-refractivity contribution in [2.75, 3.05) is 13.7 Å². The molecule has 0 fully saturated rings. The van der Waals surface area contributed by atoms with Crippen LogP contribution in [0, 0.1) is 0 Å². The van der Waals surface area contributed by atoms with Crippen LogP contribution in [0.2, 0.25) is 0 Å². The van der Waals surface area contributed by atoms with Crippen LogP contribution in [0.1, 0.15) is 19.4 Å². The summed E-state index contributed by atoms with van der Waals surface area (Å²) in [4.78, 5) is 0. The van der Waals surface area contributed by atoms with Gasteiger partial charge >= 0.3 is 0 Å². The standard InChI is InChI=1S/C7H12N2O.C2H6/c1-9-6-7(5-8-9)3-4-10-2;1-2/h5-6H,3-4H2,1-2H3;1-2H3. The first-order chi connectivity index (χ1) is 5.83. The summed E-state index contributed by atoms with van der Waals surface area (Å²) in [6.07, 6.45) is 4.81. The third kappa shape index (κ3) is 4.13. The molecule has 1 heterocycles. The lowest BCUT2D eigenvalue weighted by molar-refractivity contribution is 0.202. The molecule has 0 spiro atoms. The fourth-order valence-corrected chi connectivity index (χ4v) is 0.821. The Balaban J connectivity index is 0.000000561. The highest BCUT2D eigenvalue weighted by Crippen LogP contribution is 1.96. The fourth-order valence-electron chi connectivity index (χ4n) is 0.821. The van der Waals surface area contributed by atoms with E-state index < -0.39 is 0 Å². The molecular weight excluding hydrogens is 152 g/mol. The molecule has 0 aliphatic rings. The molecule has 0 aliphatic carbocycles. The first kappa shape index (κ1) is 11.2. The van der Waals surface area contributed by atoms with Crippen LogP contribution >= 0.6 is 0 Å². The van der Waals surface area contributed by atoms with Crippen molar-refractivity contribution < 1.29 is 4.74 Å². The van der Waals surface area contributed by atoms with E-state index >= 15 is 0 Å². The molecule has 0 atom stereocenters. The molecule has 0 N–H and O–H groups in total. The third-order valence-corrected chi connectivity index (χ3v) is 1.35. The molecule has 1 rings (SSSR count). The van der Waals surface area contributed by atoms with Crippen molar-refractivity contribution in [2.24, 2.45) is 7.05 Å². The Morgan fingerprint density at radius 1 is 1.50 bits per heavy atom. The summed E-state index contributed by atoms with van der Waals surface area (Å²) in [5, 5.41) is 4.03. The second kappa shape index (κ2) is 6.85. The molecule has 0 unspecified atom stereocenters. The summed E-state index contributed by atoms with van der Waals surface area (Å²) in [6.45, 7) is 4.77. The number of ether oxygens (including phenoxy) is 1. The first-order valence-corrected chi connectivity index (χ1v) is 4.29. The number of rotatable bonds is 3. The van der Waals surface area contributed by atoms with Gasteiger partial charge < -0.3 is 4.74 Å². The number of aromatic nitrogens is 2. The highest BCUT2D eigenvalue weighted by atomic mass is 16.5. The zero-order valence-electron chi connectivity index (χ0n) is 8.37. The molecule has 1 aromatic rings. The Morgan fingerprint density at radius 3 is 2.58 bits per heavy atom. The molecule has 3 nitrogen and oxygen atoms in total. The van der Waals surface area contributed by atoms with Gasteiger partial charge in [-0.15, -0.1) is 0 Å². The second-order valence-corrected chi connectivity index (χ2v) is 2.27. The quantitative estimate of drug-likeness (QED) is 0.689. The summed E-state index contributed by atoms with van der Waals surface area (Å²) < 4.78 is 6.71. The van der Waals surface area contributed by atoms with Gasteiger partial charge in [-0.05, 0) is 12.0 Å². The van der Waals surface area contributed by atoms with E-state index in [4.69, 9.17) is 4.74 Å². The summed E-state index contributed by atoms with van der Waals surface area (Å²) in [5.41, 5.74) is 1.23. The number of methoxy groups -OCH3 is 1.